The van der Waals surface area contributed by atoms with Gasteiger partial charge in [0.15, 0.2) is 0 Å². The predicted octanol–water partition coefficient (Wildman–Crippen LogP) is 2.62. The first kappa shape index (κ1) is 16.5. The van der Waals surface area contributed by atoms with E-state index in [1.54, 1.807) is 6.92 Å². The molecule has 100 valence electrons. The number of nitrogens with one attached hydrogen (secondary N) is 1. The topological polar surface area (TPSA) is 38.3 Å². The largest absolute Gasteiger partial charge is 0.463 e. The maximum Gasteiger partial charge on any atom is 0.330 e. The third-order valence-corrected chi connectivity index (χ3v) is 4.56. The summed E-state index contributed by atoms with van der Waals surface area (Å²) in [5.74, 6) is -0.267. The normalized spacial score (nSPS) is 12.0. The van der Waals surface area contributed by atoms with Crippen LogP contribution in [0.5, 0.6) is 0 Å². The molecule has 0 saturated heterocycles. The van der Waals surface area contributed by atoms with Gasteiger partial charge in [-0.1, -0.05) is 19.9 Å². The van der Waals surface area contributed by atoms with E-state index in [1.807, 2.05) is 17.8 Å². The standard InChI is InChI=1S/C13H25NO2S/c1-5-13(6-2,17-4)11-14-10-8-9-12(15)16-7-3/h8-9,14H,5-7,10-11H2,1-4H3/b9-8+. The Kier molecular flexibility index (Phi) is 9.27. The summed E-state index contributed by atoms with van der Waals surface area (Å²) >= 11 is 1.91. The van der Waals surface area contributed by atoms with Crippen molar-refractivity contribution in [2.45, 2.75) is 38.4 Å². The molecule has 0 fully saturated rings. The van der Waals surface area contributed by atoms with Gasteiger partial charge in [-0.2, -0.15) is 11.8 Å². The summed E-state index contributed by atoms with van der Waals surface area (Å²) in [6.07, 6.45) is 7.76. The first-order valence-corrected chi connectivity index (χ1v) is 7.45. The molecule has 4 heteroatoms. The van der Waals surface area contributed by atoms with Crippen molar-refractivity contribution in [2.75, 3.05) is 26.0 Å². The molecule has 0 spiro atoms. The minimum absolute atomic E-state index is 0.267. The molecule has 0 aromatic carbocycles. The van der Waals surface area contributed by atoms with Crippen molar-refractivity contribution in [1.29, 1.82) is 0 Å². The van der Waals surface area contributed by atoms with Gasteiger partial charge >= 0.3 is 5.97 Å². The lowest BCUT2D eigenvalue weighted by Crippen LogP contribution is -2.36. The second-order valence-corrected chi connectivity index (χ2v) is 5.15. The molecule has 0 heterocycles. The summed E-state index contributed by atoms with van der Waals surface area (Å²) in [5.41, 5.74) is 0. The Morgan fingerprint density at radius 2 is 2.00 bits per heavy atom. The smallest absolute Gasteiger partial charge is 0.330 e. The number of carbonyl (C=O) groups is 1. The summed E-state index contributed by atoms with van der Waals surface area (Å²) in [5, 5.41) is 3.36. The Labute approximate surface area is 109 Å². The maximum atomic E-state index is 11.0. The third-order valence-electron chi connectivity index (χ3n) is 2.97. The average Bonchev–Trinajstić information content (AvgIpc) is 2.35. The molecule has 0 aromatic rings. The zero-order valence-corrected chi connectivity index (χ0v) is 12.2. The van der Waals surface area contributed by atoms with Crippen molar-refractivity contribution < 1.29 is 9.53 Å². The van der Waals surface area contributed by atoms with Crippen LogP contribution in [0.4, 0.5) is 0 Å². The lowest BCUT2D eigenvalue weighted by molar-refractivity contribution is -0.137. The van der Waals surface area contributed by atoms with E-state index < -0.39 is 0 Å². The number of hydrogen-bond acceptors (Lipinski definition) is 4. The lowest BCUT2D eigenvalue weighted by Gasteiger charge is -2.29. The van der Waals surface area contributed by atoms with E-state index in [4.69, 9.17) is 4.74 Å². The number of hydrogen-bond donors (Lipinski definition) is 1. The molecule has 0 atom stereocenters. The molecule has 0 aliphatic rings. The molecular weight excluding hydrogens is 234 g/mol. The number of ether oxygens (including phenoxy) is 1. The molecule has 3 nitrogen and oxygen atoms in total. The fourth-order valence-electron chi connectivity index (χ4n) is 1.59. The van der Waals surface area contributed by atoms with Gasteiger partial charge in [-0.25, -0.2) is 4.79 Å². The summed E-state index contributed by atoms with van der Waals surface area (Å²) in [4.78, 5) is 11.0. The van der Waals surface area contributed by atoms with Gasteiger partial charge in [0.1, 0.15) is 0 Å². The van der Waals surface area contributed by atoms with Crippen LogP contribution in [0.25, 0.3) is 0 Å². The Morgan fingerprint density at radius 3 is 2.47 bits per heavy atom. The van der Waals surface area contributed by atoms with Gasteiger partial charge in [-0.15, -0.1) is 0 Å². The van der Waals surface area contributed by atoms with Crippen LogP contribution in [-0.2, 0) is 9.53 Å². The van der Waals surface area contributed by atoms with Crippen molar-refractivity contribution >= 4 is 17.7 Å². The first-order chi connectivity index (χ1) is 8.14. The highest BCUT2D eigenvalue weighted by molar-refractivity contribution is 8.00. The van der Waals surface area contributed by atoms with Crippen molar-refractivity contribution in [2.24, 2.45) is 0 Å². The fraction of sp³-hybridized carbons (Fsp3) is 0.769. The summed E-state index contributed by atoms with van der Waals surface area (Å²) in [6, 6.07) is 0. The lowest BCUT2D eigenvalue weighted by atomic mass is 10.0. The molecule has 0 unspecified atom stereocenters. The Bertz CT molecular complexity index is 229. The van der Waals surface area contributed by atoms with Gasteiger partial charge in [-0.3, -0.25) is 0 Å². The highest BCUT2D eigenvalue weighted by atomic mass is 32.2. The van der Waals surface area contributed by atoms with Crippen LogP contribution in [0.1, 0.15) is 33.6 Å². The highest BCUT2D eigenvalue weighted by Crippen LogP contribution is 2.29. The van der Waals surface area contributed by atoms with Crippen molar-refractivity contribution in [3.8, 4) is 0 Å². The Balaban J connectivity index is 3.86. The second-order valence-electron chi connectivity index (χ2n) is 3.88. The molecule has 17 heavy (non-hydrogen) atoms. The first-order valence-electron chi connectivity index (χ1n) is 6.23. The van der Waals surface area contributed by atoms with Crippen LogP contribution in [0, 0.1) is 0 Å². The van der Waals surface area contributed by atoms with Crippen LogP contribution in [-0.4, -0.2) is 36.7 Å². The van der Waals surface area contributed by atoms with Crippen LogP contribution in [0.15, 0.2) is 12.2 Å². The third kappa shape index (κ3) is 6.74. The minimum Gasteiger partial charge on any atom is -0.463 e. The minimum atomic E-state index is -0.267. The average molecular weight is 259 g/mol. The molecular formula is C13H25NO2S. The second kappa shape index (κ2) is 9.54. The van der Waals surface area contributed by atoms with E-state index in [2.05, 4.69) is 25.4 Å². The van der Waals surface area contributed by atoms with E-state index in [1.165, 1.54) is 6.08 Å². The van der Waals surface area contributed by atoms with E-state index in [9.17, 15) is 4.79 Å². The molecule has 0 radical (unpaired) electrons. The van der Waals surface area contributed by atoms with Gasteiger partial charge in [0.05, 0.1) is 6.61 Å². The molecule has 0 aromatic heterocycles. The van der Waals surface area contributed by atoms with Crippen molar-refractivity contribution in [1.82, 2.24) is 5.32 Å². The SMILES string of the molecule is CCOC(=O)/C=C/CNCC(CC)(CC)SC. The summed E-state index contributed by atoms with van der Waals surface area (Å²) < 4.78 is 5.11. The molecule has 0 aliphatic carbocycles. The van der Waals surface area contributed by atoms with Crippen molar-refractivity contribution in [3.63, 3.8) is 0 Å². The number of thioether (sulfide) groups is 1. The van der Waals surface area contributed by atoms with E-state index in [0.29, 0.717) is 17.9 Å². The van der Waals surface area contributed by atoms with Crippen LogP contribution in [0.3, 0.4) is 0 Å². The maximum absolute atomic E-state index is 11.0. The number of esters is 1. The highest BCUT2D eigenvalue weighted by Gasteiger charge is 2.23. The van der Waals surface area contributed by atoms with E-state index in [-0.39, 0.29) is 5.97 Å². The quantitative estimate of drug-likeness (QED) is 0.392. The van der Waals surface area contributed by atoms with Crippen LogP contribution >= 0.6 is 11.8 Å². The summed E-state index contributed by atoms with van der Waals surface area (Å²) in [7, 11) is 0. The predicted molar refractivity (Wildman–Crippen MR) is 75.5 cm³/mol. The Morgan fingerprint density at radius 1 is 1.35 bits per heavy atom. The van der Waals surface area contributed by atoms with Gasteiger partial charge in [-0.05, 0) is 26.0 Å². The number of carbonyl (C=O) groups excluding carboxylic acids is 1. The molecule has 0 amide bonds. The fourth-order valence-corrected chi connectivity index (χ4v) is 2.41. The zero-order valence-electron chi connectivity index (χ0n) is 11.4. The molecule has 0 rings (SSSR count). The van der Waals surface area contributed by atoms with Gasteiger partial charge < -0.3 is 10.1 Å². The molecule has 0 saturated carbocycles. The molecule has 0 aliphatic heterocycles. The van der Waals surface area contributed by atoms with Crippen LogP contribution in [0.2, 0.25) is 0 Å². The van der Waals surface area contributed by atoms with Crippen molar-refractivity contribution in [3.05, 3.63) is 12.2 Å². The van der Waals surface area contributed by atoms with Gasteiger partial charge in [0.2, 0.25) is 0 Å². The van der Waals surface area contributed by atoms with Gasteiger partial charge in [0, 0.05) is 23.9 Å². The number of rotatable bonds is 9. The monoisotopic (exact) mass is 259 g/mol. The molecule has 1 N–H and O–H groups in total. The van der Waals surface area contributed by atoms with Gasteiger partial charge in [0.25, 0.3) is 0 Å². The Hall–Kier alpha value is -0.480. The molecule has 0 bridgehead atoms. The van der Waals surface area contributed by atoms with E-state index in [0.717, 1.165) is 19.4 Å². The summed E-state index contributed by atoms with van der Waals surface area (Å²) in [6.45, 7) is 8.35. The van der Waals surface area contributed by atoms with E-state index >= 15 is 0 Å². The van der Waals surface area contributed by atoms with Crippen LogP contribution < -0.4 is 5.32 Å². The zero-order chi connectivity index (χ0) is 13.1.